The number of rotatable bonds is 3. The van der Waals surface area contributed by atoms with Gasteiger partial charge in [0.2, 0.25) is 5.91 Å². The summed E-state index contributed by atoms with van der Waals surface area (Å²) >= 11 is 1.57. The van der Waals surface area contributed by atoms with E-state index in [2.05, 4.69) is 6.58 Å². The molecule has 0 radical (unpaired) electrons. The second kappa shape index (κ2) is 3.26. The van der Waals surface area contributed by atoms with E-state index >= 15 is 0 Å². The van der Waals surface area contributed by atoms with E-state index in [1.807, 2.05) is 13.8 Å². The summed E-state index contributed by atoms with van der Waals surface area (Å²) in [5, 5.41) is 9.54. The van der Waals surface area contributed by atoms with E-state index in [1.165, 1.54) is 4.90 Å². The van der Waals surface area contributed by atoms with Crippen LogP contribution >= 0.6 is 11.8 Å². The van der Waals surface area contributed by atoms with Crippen molar-refractivity contribution >= 4 is 23.6 Å². The number of β-lactam (4-membered cyclic amide) rings is 1. The summed E-state index contributed by atoms with van der Waals surface area (Å²) in [4.78, 5) is 24.7. The zero-order chi connectivity index (χ0) is 12.1. The van der Waals surface area contributed by atoms with Crippen molar-refractivity contribution in [1.82, 2.24) is 4.90 Å². The Balaban J connectivity index is 2.50. The minimum atomic E-state index is -1.13. The van der Waals surface area contributed by atoms with Crippen LogP contribution in [0, 0.1) is 0 Å². The fraction of sp³-hybridized carbons (Fsp3) is 0.636. The van der Waals surface area contributed by atoms with Crippen molar-refractivity contribution in [2.45, 2.75) is 42.3 Å². The third-order valence-corrected chi connectivity index (χ3v) is 5.11. The molecule has 2 atom stereocenters. The first-order chi connectivity index (χ1) is 7.37. The third kappa shape index (κ3) is 1.12. The Labute approximate surface area is 98.7 Å². The lowest BCUT2D eigenvalue weighted by Crippen LogP contribution is -2.66. The van der Waals surface area contributed by atoms with Crippen LogP contribution < -0.4 is 0 Å². The molecule has 2 saturated heterocycles. The normalized spacial score (nSPS) is 35.5. The van der Waals surface area contributed by atoms with Crippen molar-refractivity contribution in [3.8, 4) is 0 Å². The summed E-state index contributed by atoms with van der Waals surface area (Å²) in [5.74, 6) is -0.993. The van der Waals surface area contributed by atoms with Crippen molar-refractivity contribution in [2.24, 2.45) is 0 Å². The second-order valence-corrected chi connectivity index (χ2v) is 6.51. The molecule has 1 N–H and O–H groups in total. The van der Waals surface area contributed by atoms with Gasteiger partial charge in [-0.1, -0.05) is 6.08 Å². The molecule has 0 aromatic rings. The van der Waals surface area contributed by atoms with E-state index in [0.29, 0.717) is 12.8 Å². The minimum Gasteiger partial charge on any atom is -0.479 e. The van der Waals surface area contributed by atoms with E-state index < -0.39 is 16.3 Å². The maximum Gasteiger partial charge on any atom is 0.331 e. The molecule has 2 aliphatic heterocycles. The zero-order valence-electron chi connectivity index (χ0n) is 9.40. The van der Waals surface area contributed by atoms with Gasteiger partial charge in [0, 0.05) is 11.2 Å². The Morgan fingerprint density at radius 2 is 2.38 bits per heavy atom. The topological polar surface area (TPSA) is 57.6 Å². The highest BCUT2D eigenvalue weighted by atomic mass is 32.2. The first-order valence-electron chi connectivity index (χ1n) is 5.21. The van der Waals surface area contributed by atoms with Gasteiger partial charge in [0.25, 0.3) is 0 Å². The Morgan fingerprint density at radius 3 is 2.81 bits per heavy atom. The van der Waals surface area contributed by atoms with E-state index in [9.17, 15) is 14.7 Å². The van der Waals surface area contributed by atoms with Crippen LogP contribution in [0.1, 0.15) is 26.7 Å². The van der Waals surface area contributed by atoms with Gasteiger partial charge in [-0.3, -0.25) is 4.79 Å². The maximum atomic E-state index is 11.6. The van der Waals surface area contributed by atoms with E-state index in [4.69, 9.17) is 0 Å². The van der Waals surface area contributed by atoms with Gasteiger partial charge in [0.1, 0.15) is 0 Å². The summed E-state index contributed by atoms with van der Waals surface area (Å²) in [6.07, 6.45) is 2.34. The maximum absolute atomic E-state index is 11.6. The van der Waals surface area contributed by atoms with Crippen LogP contribution in [-0.2, 0) is 9.59 Å². The fourth-order valence-electron chi connectivity index (χ4n) is 2.67. The van der Waals surface area contributed by atoms with Crippen molar-refractivity contribution < 1.29 is 14.7 Å². The molecule has 2 aliphatic rings. The average Bonchev–Trinajstić information content (AvgIpc) is 2.32. The molecule has 5 heteroatoms. The molecule has 2 rings (SSSR count). The number of hydrogen-bond donors (Lipinski definition) is 1. The number of carboxylic acid groups (broad SMARTS) is 1. The van der Waals surface area contributed by atoms with E-state index in [1.54, 1.807) is 17.8 Å². The van der Waals surface area contributed by atoms with E-state index in [0.717, 1.165) is 0 Å². The number of carboxylic acids is 1. The highest BCUT2D eigenvalue weighted by Gasteiger charge is 2.68. The predicted molar refractivity (Wildman–Crippen MR) is 62.1 cm³/mol. The van der Waals surface area contributed by atoms with Crippen LogP contribution in [0.4, 0.5) is 0 Å². The van der Waals surface area contributed by atoms with Gasteiger partial charge in [-0.15, -0.1) is 18.3 Å². The lowest BCUT2D eigenvalue weighted by molar-refractivity contribution is -0.168. The summed E-state index contributed by atoms with van der Waals surface area (Å²) in [5.41, 5.74) is -1.13. The molecule has 1 amide bonds. The molecule has 0 aromatic carbocycles. The van der Waals surface area contributed by atoms with Gasteiger partial charge in [0.15, 0.2) is 5.54 Å². The number of hydrogen-bond acceptors (Lipinski definition) is 3. The van der Waals surface area contributed by atoms with Gasteiger partial charge in [0.05, 0.1) is 11.8 Å². The quantitative estimate of drug-likeness (QED) is 0.600. The van der Waals surface area contributed by atoms with E-state index in [-0.39, 0.29) is 11.3 Å². The molecule has 4 nitrogen and oxygen atoms in total. The monoisotopic (exact) mass is 241 g/mol. The molecular weight excluding hydrogens is 226 g/mol. The molecule has 0 spiro atoms. The van der Waals surface area contributed by atoms with Crippen molar-refractivity contribution in [2.75, 3.05) is 0 Å². The Bertz CT molecular complexity index is 379. The number of fused-ring (bicyclic) bond motifs is 1. The summed E-state index contributed by atoms with van der Waals surface area (Å²) in [6.45, 7) is 7.39. The molecule has 0 aliphatic carbocycles. The summed E-state index contributed by atoms with van der Waals surface area (Å²) in [7, 11) is 0. The number of thioether (sulfide) groups is 1. The number of amides is 1. The first kappa shape index (κ1) is 11.5. The Kier molecular flexibility index (Phi) is 2.35. The lowest BCUT2D eigenvalue weighted by atomic mass is 9.79. The molecular formula is C11H15NO3S. The third-order valence-electron chi connectivity index (χ3n) is 3.54. The molecule has 0 aromatic heterocycles. The average molecular weight is 241 g/mol. The molecule has 0 bridgehead atoms. The van der Waals surface area contributed by atoms with Crippen LogP contribution in [-0.4, -0.2) is 37.5 Å². The predicted octanol–water partition coefficient (Wildman–Crippen LogP) is 1.47. The lowest BCUT2D eigenvalue weighted by Gasteiger charge is -2.46. The Hall–Kier alpha value is -0.970. The standard InChI is InChI=1S/C11H15NO3S/c1-4-5-11(9(14)15)10(2,3)16-8-6-7(13)12(8)11/h4,8H,1,5-6H2,2-3H3,(H,14,15)/t8-,11+/m1/s1. The SMILES string of the molecule is C=CC[C@@]1(C(=O)O)N2C(=O)C[C@H]2SC1(C)C. The van der Waals surface area contributed by atoms with Crippen LogP contribution in [0.15, 0.2) is 12.7 Å². The first-order valence-corrected chi connectivity index (χ1v) is 6.09. The fourth-order valence-corrected chi connectivity index (χ4v) is 4.44. The molecule has 2 fully saturated rings. The zero-order valence-corrected chi connectivity index (χ0v) is 10.2. The number of nitrogens with zero attached hydrogens (tertiary/aromatic N) is 1. The van der Waals surface area contributed by atoms with Crippen LogP contribution in [0.25, 0.3) is 0 Å². The second-order valence-electron chi connectivity index (χ2n) is 4.71. The van der Waals surface area contributed by atoms with Gasteiger partial charge < -0.3 is 10.0 Å². The van der Waals surface area contributed by atoms with Crippen LogP contribution in [0.5, 0.6) is 0 Å². The molecule has 0 saturated carbocycles. The minimum absolute atomic E-state index is 0.0264. The summed E-state index contributed by atoms with van der Waals surface area (Å²) in [6, 6.07) is 0. The number of carbonyl (C=O) groups is 2. The van der Waals surface area contributed by atoms with Crippen molar-refractivity contribution in [1.29, 1.82) is 0 Å². The van der Waals surface area contributed by atoms with Gasteiger partial charge in [-0.05, 0) is 13.8 Å². The molecule has 88 valence electrons. The summed E-state index contributed by atoms with van der Waals surface area (Å²) < 4.78 is -0.482. The van der Waals surface area contributed by atoms with Crippen LogP contribution in [0.3, 0.4) is 0 Å². The smallest absolute Gasteiger partial charge is 0.331 e. The molecule has 16 heavy (non-hydrogen) atoms. The molecule has 0 unspecified atom stereocenters. The van der Waals surface area contributed by atoms with Crippen LogP contribution in [0.2, 0.25) is 0 Å². The molecule has 2 heterocycles. The van der Waals surface area contributed by atoms with Crippen molar-refractivity contribution in [3.63, 3.8) is 0 Å². The largest absolute Gasteiger partial charge is 0.479 e. The van der Waals surface area contributed by atoms with Crippen molar-refractivity contribution in [3.05, 3.63) is 12.7 Å². The number of carbonyl (C=O) groups excluding carboxylic acids is 1. The number of aliphatic carboxylic acids is 1. The highest BCUT2D eigenvalue weighted by Crippen LogP contribution is 2.58. The van der Waals surface area contributed by atoms with Gasteiger partial charge in [-0.2, -0.15) is 0 Å². The highest BCUT2D eigenvalue weighted by molar-refractivity contribution is 8.01. The van der Waals surface area contributed by atoms with Gasteiger partial charge >= 0.3 is 5.97 Å². The Morgan fingerprint density at radius 1 is 1.75 bits per heavy atom. The van der Waals surface area contributed by atoms with Gasteiger partial charge in [-0.25, -0.2) is 4.79 Å².